The molecular formula is C12H13F2N3O. The maximum atomic E-state index is 13.1. The van der Waals surface area contributed by atoms with Crippen molar-refractivity contribution < 1.29 is 13.5 Å². The van der Waals surface area contributed by atoms with Gasteiger partial charge in [0.05, 0.1) is 12.3 Å². The Kier molecular flexibility index (Phi) is 3.66. The predicted molar refractivity (Wildman–Crippen MR) is 61.4 cm³/mol. The summed E-state index contributed by atoms with van der Waals surface area (Å²) in [5.41, 5.74) is 1.32. The Bertz CT molecular complexity index is 500. The van der Waals surface area contributed by atoms with E-state index in [1.165, 1.54) is 24.3 Å². The molecule has 18 heavy (non-hydrogen) atoms. The van der Waals surface area contributed by atoms with Gasteiger partial charge in [0.1, 0.15) is 12.7 Å². The second kappa shape index (κ2) is 5.22. The van der Waals surface area contributed by atoms with Crippen LogP contribution in [-0.2, 0) is 11.3 Å². The number of aromatic nitrogens is 3. The summed E-state index contributed by atoms with van der Waals surface area (Å²) in [6.45, 7) is 1.21. The lowest BCUT2D eigenvalue weighted by Gasteiger charge is -2.16. The van der Waals surface area contributed by atoms with Crippen LogP contribution in [0.3, 0.4) is 0 Å². The molecule has 0 atom stereocenters. The summed E-state index contributed by atoms with van der Waals surface area (Å²) in [5, 5.41) is 3.97. The van der Waals surface area contributed by atoms with Gasteiger partial charge in [-0.2, -0.15) is 13.9 Å². The Morgan fingerprint density at radius 2 is 2.11 bits per heavy atom. The SMILES string of the molecule is CCC(F)(F)OCc1ccccc1-n1cncn1. The van der Waals surface area contributed by atoms with Crippen LogP contribution in [0.1, 0.15) is 18.9 Å². The fraction of sp³-hybridized carbons (Fsp3) is 0.333. The smallest absolute Gasteiger partial charge is 0.316 e. The number of alkyl halides is 2. The Morgan fingerprint density at radius 3 is 2.78 bits per heavy atom. The second-order valence-corrected chi connectivity index (χ2v) is 3.75. The van der Waals surface area contributed by atoms with Crippen LogP contribution in [0.2, 0.25) is 0 Å². The van der Waals surface area contributed by atoms with E-state index < -0.39 is 6.11 Å². The maximum absolute atomic E-state index is 13.1. The molecule has 0 bridgehead atoms. The highest BCUT2D eigenvalue weighted by atomic mass is 19.3. The third-order valence-corrected chi connectivity index (χ3v) is 2.51. The van der Waals surface area contributed by atoms with Gasteiger partial charge in [0.25, 0.3) is 0 Å². The minimum Gasteiger partial charge on any atom is -0.316 e. The summed E-state index contributed by atoms with van der Waals surface area (Å²) in [4.78, 5) is 3.83. The van der Waals surface area contributed by atoms with E-state index in [4.69, 9.17) is 0 Å². The third kappa shape index (κ3) is 2.89. The van der Waals surface area contributed by atoms with Crippen LogP contribution in [0, 0.1) is 0 Å². The number of halogens is 2. The summed E-state index contributed by atoms with van der Waals surface area (Å²) in [6, 6.07) is 7.07. The van der Waals surface area contributed by atoms with Crippen molar-refractivity contribution in [3.63, 3.8) is 0 Å². The van der Waals surface area contributed by atoms with E-state index in [1.54, 1.807) is 24.3 Å². The largest absolute Gasteiger partial charge is 0.355 e. The zero-order valence-corrected chi connectivity index (χ0v) is 9.88. The van der Waals surface area contributed by atoms with E-state index >= 15 is 0 Å². The zero-order valence-electron chi connectivity index (χ0n) is 9.88. The fourth-order valence-electron chi connectivity index (χ4n) is 1.47. The number of rotatable bonds is 5. The molecule has 6 heteroatoms. The van der Waals surface area contributed by atoms with E-state index in [0.29, 0.717) is 11.3 Å². The highest BCUT2D eigenvalue weighted by Gasteiger charge is 2.27. The molecule has 4 nitrogen and oxygen atoms in total. The van der Waals surface area contributed by atoms with Gasteiger partial charge in [-0.1, -0.05) is 25.1 Å². The van der Waals surface area contributed by atoms with Crippen molar-refractivity contribution >= 4 is 0 Å². The van der Waals surface area contributed by atoms with Crippen molar-refractivity contribution in [2.24, 2.45) is 0 Å². The molecule has 1 aromatic heterocycles. The van der Waals surface area contributed by atoms with Gasteiger partial charge in [0, 0.05) is 12.0 Å². The first-order valence-electron chi connectivity index (χ1n) is 5.57. The molecule has 0 aliphatic rings. The molecule has 0 unspecified atom stereocenters. The van der Waals surface area contributed by atoms with Gasteiger partial charge >= 0.3 is 6.11 Å². The number of benzene rings is 1. The second-order valence-electron chi connectivity index (χ2n) is 3.75. The van der Waals surface area contributed by atoms with Crippen LogP contribution in [0.15, 0.2) is 36.9 Å². The number of ether oxygens (including phenoxy) is 1. The first-order valence-corrected chi connectivity index (χ1v) is 5.57. The summed E-state index contributed by atoms with van der Waals surface area (Å²) < 4.78 is 32.2. The summed E-state index contributed by atoms with van der Waals surface area (Å²) in [5.74, 6) is 0. The van der Waals surface area contributed by atoms with Crippen molar-refractivity contribution in [2.75, 3.05) is 0 Å². The van der Waals surface area contributed by atoms with Crippen LogP contribution in [0.4, 0.5) is 8.78 Å². The maximum Gasteiger partial charge on any atom is 0.355 e. The molecule has 0 saturated heterocycles. The van der Waals surface area contributed by atoms with Crippen molar-refractivity contribution in [3.8, 4) is 5.69 Å². The molecule has 96 valence electrons. The lowest BCUT2D eigenvalue weighted by Crippen LogP contribution is -2.19. The lowest BCUT2D eigenvalue weighted by atomic mass is 10.2. The van der Waals surface area contributed by atoms with Crippen LogP contribution in [0.25, 0.3) is 5.69 Å². The third-order valence-electron chi connectivity index (χ3n) is 2.51. The average molecular weight is 253 g/mol. The van der Waals surface area contributed by atoms with Crippen molar-refractivity contribution in [3.05, 3.63) is 42.5 Å². The van der Waals surface area contributed by atoms with E-state index in [-0.39, 0.29) is 13.0 Å². The van der Waals surface area contributed by atoms with Gasteiger partial charge < -0.3 is 4.74 Å². The monoisotopic (exact) mass is 253 g/mol. The Morgan fingerprint density at radius 1 is 1.33 bits per heavy atom. The molecular weight excluding hydrogens is 240 g/mol. The number of para-hydroxylation sites is 1. The molecule has 1 aromatic carbocycles. The van der Waals surface area contributed by atoms with E-state index in [1.807, 2.05) is 0 Å². The number of hydrogen-bond acceptors (Lipinski definition) is 3. The average Bonchev–Trinajstić information content (AvgIpc) is 2.91. The fourth-order valence-corrected chi connectivity index (χ4v) is 1.47. The molecule has 0 spiro atoms. The Balaban J connectivity index is 2.19. The highest BCUT2D eigenvalue weighted by molar-refractivity contribution is 5.39. The van der Waals surface area contributed by atoms with Gasteiger partial charge in [0.15, 0.2) is 0 Å². The molecule has 0 fully saturated rings. The molecule has 0 aliphatic heterocycles. The van der Waals surface area contributed by atoms with Gasteiger partial charge in [-0.25, -0.2) is 9.67 Å². The topological polar surface area (TPSA) is 39.9 Å². The Hall–Kier alpha value is -1.82. The molecule has 0 radical (unpaired) electrons. The number of hydrogen-bond donors (Lipinski definition) is 0. The highest BCUT2D eigenvalue weighted by Crippen LogP contribution is 2.23. The van der Waals surface area contributed by atoms with E-state index in [2.05, 4.69) is 14.8 Å². The van der Waals surface area contributed by atoms with Crippen molar-refractivity contribution in [1.29, 1.82) is 0 Å². The van der Waals surface area contributed by atoms with Crippen LogP contribution >= 0.6 is 0 Å². The van der Waals surface area contributed by atoms with Gasteiger partial charge in [-0.05, 0) is 6.07 Å². The molecule has 0 aliphatic carbocycles. The zero-order chi connectivity index (χ0) is 13.0. The van der Waals surface area contributed by atoms with Crippen LogP contribution in [-0.4, -0.2) is 20.9 Å². The first-order chi connectivity index (χ1) is 8.62. The summed E-state index contributed by atoms with van der Waals surface area (Å²) in [6.07, 6.45) is -0.553. The predicted octanol–water partition coefficient (Wildman–Crippen LogP) is 2.79. The standard InChI is InChI=1S/C12H13F2N3O/c1-2-12(13,14)18-7-10-5-3-4-6-11(10)17-9-15-8-16-17/h3-6,8-9H,2,7H2,1H3. The quantitative estimate of drug-likeness (QED) is 0.822. The minimum absolute atomic E-state index is 0.170. The number of nitrogens with zero attached hydrogens (tertiary/aromatic N) is 3. The van der Waals surface area contributed by atoms with Crippen molar-refractivity contribution in [2.45, 2.75) is 26.1 Å². The van der Waals surface area contributed by atoms with Crippen LogP contribution < -0.4 is 0 Å². The summed E-state index contributed by atoms with van der Waals surface area (Å²) >= 11 is 0. The van der Waals surface area contributed by atoms with E-state index in [9.17, 15) is 8.78 Å². The normalized spacial score (nSPS) is 11.7. The van der Waals surface area contributed by atoms with Crippen molar-refractivity contribution in [1.82, 2.24) is 14.8 Å². The lowest BCUT2D eigenvalue weighted by molar-refractivity contribution is -0.246. The summed E-state index contributed by atoms with van der Waals surface area (Å²) in [7, 11) is 0. The molecule has 0 amide bonds. The molecule has 0 N–H and O–H groups in total. The molecule has 2 rings (SSSR count). The van der Waals surface area contributed by atoms with Crippen LogP contribution in [0.5, 0.6) is 0 Å². The van der Waals surface area contributed by atoms with Gasteiger partial charge in [0.2, 0.25) is 0 Å². The van der Waals surface area contributed by atoms with Gasteiger partial charge in [-0.15, -0.1) is 0 Å². The molecule has 2 aromatic rings. The molecule has 0 saturated carbocycles. The van der Waals surface area contributed by atoms with E-state index in [0.717, 1.165) is 0 Å². The van der Waals surface area contributed by atoms with Gasteiger partial charge in [-0.3, -0.25) is 0 Å². The Labute approximate surface area is 103 Å². The first kappa shape index (κ1) is 12.6. The minimum atomic E-state index is -3.10. The molecule has 1 heterocycles.